The summed E-state index contributed by atoms with van der Waals surface area (Å²) in [5, 5.41) is 0.0961. The van der Waals surface area contributed by atoms with E-state index in [0.717, 1.165) is 6.20 Å². The van der Waals surface area contributed by atoms with Gasteiger partial charge >= 0.3 is 12.1 Å². The molecule has 0 fully saturated rings. The molecule has 0 atom stereocenters. The van der Waals surface area contributed by atoms with Crippen molar-refractivity contribution in [2.24, 2.45) is 0 Å². The van der Waals surface area contributed by atoms with Crippen molar-refractivity contribution in [3.63, 3.8) is 0 Å². The van der Waals surface area contributed by atoms with E-state index in [1.807, 2.05) is 0 Å². The Labute approximate surface area is 92.9 Å². The molecule has 0 unspecified atom stereocenters. The van der Waals surface area contributed by atoms with Crippen molar-refractivity contribution in [2.75, 3.05) is 0 Å². The number of hydrogen-bond donors (Lipinski definition) is 0. The largest absolute Gasteiger partial charge is 0.459 e. The van der Waals surface area contributed by atoms with Gasteiger partial charge < -0.3 is 0 Å². The SMILES string of the molecule is FC(F)(F)C(F)(F)c1nccc2ccccc12. The van der Waals surface area contributed by atoms with Crippen LogP contribution >= 0.6 is 0 Å². The number of alkyl halides is 5. The number of pyridine rings is 1. The van der Waals surface area contributed by atoms with Gasteiger partial charge in [0, 0.05) is 11.6 Å². The second-order valence-corrected chi connectivity index (χ2v) is 3.45. The first kappa shape index (κ1) is 11.8. The Morgan fingerprint density at radius 3 is 2.18 bits per heavy atom. The quantitative estimate of drug-likeness (QED) is 0.696. The summed E-state index contributed by atoms with van der Waals surface area (Å²) in [5.41, 5.74) is -1.26. The van der Waals surface area contributed by atoms with E-state index in [1.54, 1.807) is 6.07 Å². The highest BCUT2D eigenvalue weighted by molar-refractivity contribution is 5.84. The van der Waals surface area contributed by atoms with Crippen molar-refractivity contribution in [2.45, 2.75) is 12.1 Å². The zero-order valence-electron chi connectivity index (χ0n) is 8.30. The molecule has 0 N–H and O–H groups in total. The molecular formula is C11H6F5N. The second-order valence-electron chi connectivity index (χ2n) is 3.45. The number of nitrogens with zero attached hydrogens (tertiary/aromatic N) is 1. The minimum atomic E-state index is -5.65. The van der Waals surface area contributed by atoms with Crippen LogP contribution in [-0.2, 0) is 5.92 Å². The molecule has 0 bridgehead atoms. The number of rotatable bonds is 1. The molecule has 0 saturated heterocycles. The molecule has 1 aromatic carbocycles. The summed E-state index contributed by atoms with van der Waals surface area (Å²) in [5.74, 6) is -4.95. The van der Waals surface area contributed by atoms with E-state index in [1.165, 1.54) is 24.3 Å². The second kappa shape index (κ2) is 3.65. The molecule has 0 amide bonds. The third kappa shape index (κ3) is 1.83. The summed E-state index contributed by atoms with van der Waals surface area (Å²) in [4.78, 5) is 3.18. The van der Waals surface area contributed by atoms with E-state index < -0.39 is 17.8 Å². The van der Waals surface area contributed by atoms with Gasteiger partial charge in [0.15, 0.2) is 0 Å². The van der Waals surface area contributed by atoms with Gasteiger partial charge in [0.2, 0.25) is 0 Å². The van der Waals surface area contributed by atoms with E-state index >= 15 is 0 Å². The Morgan fingerprint density at radius 2 is 1.53 bits per heavy atom. The number of fused-ring (bicyclic) bond motifs is 1. The van der Waals surface area contributed by atoms with Crippen LogP contribution in [-0.4, -0.2) is 11.2 Å². The molecule has 90 valence electrons. The summed E-state index contributed by atoms with van der Waals surface area (Å²) in [6, 6.07) is 6.97. The minimum Gasteiger partial charge on any atom is -0.254 e. The maximum atomic E-state index is 13.2. The first-order chi connectivity index (χ1) is 7.84. The lowest BCUT2D eigenvalue weighted by Gasteiger charge is -2.20. The predicted octanol–water partition coefficient (Wildman–Crippen LogP) is 3.89. The van der Waals surface area contributed by atoms with Gasteiger partial charge in [0.05, 0.1) is 0 Å². The fraction of sp³-hybridized carbons (Fsp3) is 0.182. The molecule has 0 saturated carbocycles. The van der Waals surface area contributed by atoms with Gasteiger partial charge in [-0.05, 0) is 11.5 Å². The molecule has 0 radical (unpaired) electrons. The zero-order chi connectivity index (χ0) is 12.7. The van der Waals surface area contributed by atoms with Crippen LogP contribution in [0.2, 0.25) is 0 Å². The molecule has 0 spiro atoms. The number of benzene rings is 1. The smallest absolute Gasteiger partial charge is 0.254 e. The Kier molecular flexibility index (Phi) is 2.52. The Morgan fingerprint density at radius 1 is 0.882 bits per heavy atom. The van der Waals surface area contributed by atoms with Crippen molar-refractivity contribution in [3.8, 4) is 0 Å². The molecule has 0 aliphatic rings. The molecule has 0 aliphatic carbocycles. The molecule has 1 aromatic heterocycles. The van der Waals surface area contributed by atoms with Crippen molar-refractivity contribution in [3.05, 3.63) is 42.2 Å². The van der Waals surface area contributed by atoms with Crippen LogP contribution in [0.15, 0.2) is 36.5 Å². The van der Waals surface area contributed by atoms with Gasteiger partial charge in [-0.15, -0.1) is 0 Å². The van der Waals surface area contributed by atoms with E-state index in [-0.39, 0.29) is 5.39 Å². The normalized spacial score (nSPS) is 13.0. The number of hydrogen-bond acceptors (Lipinski definition) is 1. The van der Waals surface area contributed by atoms with Gasteiger partial charge in [-0.2, -0.15) is 22.0 Å². The minimum absolute atomic E-state index is 0.197. The van der Waals surface area contributed by atoms with Crippen LogP contribution in [0.25, 0.3) is 10.8 Å². The first-order valence-electron chi connectivity index (χ1n) is 4.63. The van der Waals surface area contributed by atoms with Gasteiger partial charge in [-0.25, -0.2) is 0 Å². The monoisotopic (exact) mass is 247 g/mol. The molecular weight excluding hydrogens is 241 g/mol. The Balaban J connectivity index is 2.72. The molecule has 1 nitrogen and oxygen atoms in total. The molecule has 1 heterocycles. The first-order valence-corrected chi connectivity index (χ1v) is 4.63. The Bertz CT molecular complexity index is 542. The highest BCUT2D eigenvalue weighted by Crippen LogP contribution is 2.44. The van der Waals surface area contributed by atoms with Crippen molar-refractivity contribution >= 4 is 10.8 Å². The summed E-state index contributed by atoms with van der Waals surface area (Å²) in [6.07, 6.45) is -4.71. The summed E-state index contributed by atoms with van der Waals surface area (Å²) >= 11 is 0. The third-order valence-corrected chi connectivity index (χ3v) is 2.33. The van der Waals surface area contributed by atoms with Gasteiger partial charge in [0.1, 0.15) is 5.69 Å². The molecule has 17 heavy (non-hydrogen) atoms. The molecule has 2 rings (SSSR count). The van der Waals surface area contributed by atoms with Crippen molar-refractivity contribution < 1.29 is 22.0 Å². The lowest BCUT2D eigenvalue weighted by atomic mass is 10.1. The highest BCUT2D eigenvalue weighted by atomic mass is 19.4. The van der Waals surface area contributed by atoms with Crippen LogP contribution in [0, 0.1) is 0 Å². The summed E-state index contributed by atoms with van der Waals surface area (Å²) in [7, 11) is 0. The maximum absolute atomic E-state index is 13.2. The maximum Gasteiger partial charge on any atom is 0.459 e. The fourth-order valence-electron chi connectivity index (χ4n) is 1.50. The fourth-order valence-corrected chi connectivity index (χ4v) is 1.50. The van der Waals surface area contributed by atoms with E-state index in [2.05, 4.69) is 4.98 Å². The Hall–Kier alpha value is -1.72. The predicted molar refractivity (Wildman–Crippen MR) is 51.7 cm³/mol. The van der Waals surface area contributed by atoms with E-state index in [4.69, 9.17) is 0 Å². The zero-order valence-corrected chi connectivity index (χ0v) is 8.30. The number of halogens is 5. The van der Waals surface area contributed by atoms with Crippen LogP contribution < -0.4 is 0 Å². The van der Waals surface area contributed by atoms with Crippen LogP contribution in [0.4, 0.5) is 22.0 Å². The standard InChI is InChI=1S/C11H6F5N/c12-10(13,11(14,15)16)9-8-4-2-1-3-7(8)5-6-17-9/h1-6H. The third-order valence-electron chi connectivity index (χ3n) is 2.33. The van der Waals surface area contributed by atoms with Crippen molar-refractivity contribution in [1.82, 2.24) is 4.98 Å². The number of aromatic nitrogens is 1. The summed E-state index contributed by atoms with van der Waals surface area (Å²) < 4.78 is 63.2. The molecule has 2 aromatic rings. The molecule has 0 aliphatic heterocycles. The average molecular weight is 247 g/mol. The molecule has 6 heteroatoms. The summed E-state index contributed by atoms with van der Waals surface area (Å²) in [6.45, 7) is 0. The topological polar surface area (TPSA) is 12.9 Å². The van der Waals surface area contributed by atoms with Gasteiger partial charge in [0.25, 0.3) is 0 Å². The lowest BCUT2D eigenvalue weighted by molar-refractivity contribution is -0.290. The van der Waals surface area contributed by atoms with Crippen LogP contribution in [0.1, 0.15) is 5.69 Å². The lowest BCUT2D eigenvalue weighted by Crippen LogP contribution is -2.34. The van der Waals surface area contributed by atoms with Crippen LogP contribution in [0.3, 0.4) is 0 Å². The van der Waals surface area contributed by atoms with Crippen LogP contribution in [0.5, 0.6) is 0 Å². The van der Waals surface area contributed by atoms with Gasteiger partial charge in [-0.1, -0.05) is 24.3 Å². The van der Waals surface area contributed by atoms with E-state index in [0.29, 0.717) is 5.39 Å². The van der Waals surface area contributed by atoms with Gasteiger partial charge in [-0.3, -0.25) is 4.98 Å². The van der Waals surface area contributed by atoms with E-state index in [9.17, 15) is 22.0 Å². The average Bonchev–Trinajstić information content (AvgIpc) is 2.26. The highest BCUT2D eigenvalue weighted by Gasteiger charge is 2.60. The van der Waals surface area contributed by atoms with Crippen molar-refractivity contribution in [1.29, 1.82) is 0 Å².